The lowest BCUT2D eigenvalue weighted by molar-refractivity contribution is -0.902. The second-order valence-corrected chi connectivity index (χ2v) is 13.3. The molecule has 0 amide bonds. The summed E-state index contributed by atoms with van der Waals surface area (Å²) in [6.07, 6.45) is 6.06. The third-order valence-electron chi connectivity index (χ3n) is 9.23. The molecule has 4 aromatic rings. The number of hydrogen-bond acceptors (Lipinski definition) is 9. The fourth-order valence-corrected chi connectivity index (χ4v) is 7.68. The molecule has 0 radical (unpaired) electrons. The molecular weight excluding hydrogens is 525 g/mol. The van der Waals surface area contributed by atoms with Gasteiger partial charge in [0.15, 0.2) is 10.8 Å². The Morgan fingerprint density at radius 1 is 1.07 bits per heavy atom. The van der Waals surface area contributed by atoms with Gasteiger partial charge in [0.2, 0.25) is 5.95 Å². The minimum atomic E-state index is -0.320. The monoisotopic (exact) mass is 562 g/mol. The first-order chi connectivity index (χ1) is 19.2. The Hall–Kier alpha value is -3.15. The summed E-state index contributed by atoms with van der Waals surface area (Å²) in [7, 11) is 6.77. The van der Waals surface area contributed by atoms with Crippen molar-refractivity contribution in [3.8, 4) is 11.3 Å². The first-order valence-corrected chi connectivity index (χ1v) is 15.2. The van der Waals surface area contributed by atoms with Gasteiger partial charge in [-0.3, -0.25) is 0 Å². The number of benzene rings is 1. The summed E-state index contributed by atoms with van der Waals surface area (Å²) in [6, 6.07) is 8.86. The summed E-state index contributed by atoms with van der Waals surface area (Å²) in [5.74, 6) is 1.33. The number of nitrogens with one attached hydrogen (secondary N) is 1. The fourth-order valence-electron chi connectivity index (χ4n) is 6.92. The van der Waals surface area contributed by atoms with Crippen LogP contribution in [0.5, 0.6) is 0 Å². The molecule has 9 nitrogen and oxygen atoms in total. The molecule has 0 saturated carbocycles. The first-order valence-electron chi connectivity index (χ1n) is 14.3. The number of aromatic nitrogens is 4. The molecule has 3 aromatic heterocycles. The summed E-state index contributed by atoms with van der Waals surface area (Å²) in [5.41, 5.74) is 8.59. The number of pyridine rings is 1. The van der Waals surface area contributed by atoms with E-state index in [0.29, 0.717) is 50.8 Å². The molecule has 0 spiro atoms. The second kappa shape index (κ2) is 9.74. The maximum Gasteiger partial charge on any atom is 0.229 e. The molecule has 3 unspecified atom stereocenters. The van der Waals surface area contributed by atoms with E-state index in [0.717, 1.165) is 58.6 Å². The Kier molecular flexibility index (Phi) is 6.28. The molecule has 2 bridgehead atoms. The Morgan fingerprint density at radius 2 is 1.88 bits per heavy atom. The van der Waals surface area contributed by atoms with Crippen molar-refractivity contribution in [1.82, 2.24) is 25.3 Å². The molecule has 7 rings (SSSR count). The fraction of sp³-hybridized carbons (Fsp3) is 0.517. The largest absolute Gasteiger partial charge is 0.375 e. The minimum absolute atomic E-state index is 0.320. The predicted octanol–water partition coefficient (Wildman–Crippen LogP) is 4.03. The van der Waals surface area contributed by atoms with Gasteiger partial charge in [0, 0.05) is 63.6 Å². The van der Waals surface area contributed by atoms with Crippen molar-refractivity contribution in [2.75, 3.05) is 62.9 Å². The number of nitrogens with zero attached hydrogens (tertiary/aromatic N) is 7. The van der Waals surface area contributed by atoms with Crippen LogP contribution >= 0.6 is 11.3 Å². The van der Waals surface area contributed by atoms with Gasteiger partial charge in [-0.1, -0.05) is 11.3 Å². The Morgan fingerprint density at radius 3 is 2.62 bits per heavy atom. The van der Waals surface area contributed by atoms with Crippen LogP contribution in [0.2, 0.25) is 0 Å². The summed E-state index contributed by atoms with van der Waals surface area (Å²) >= 11 is 1.16. The van der Waals surface area contributed by atoms with Gasteiger partial charge >= 0.3 is 0 Å². The topological polar surface area (TPSA) is 96.1 Å². The molecular formula is C29H37FN9S+. The summed E-state index contributed by atoms with van der Waals surface area (Å²) in [5, 5.41) is 5.01. The Labute approximate surface area is 237 Å². The number of nitrogen functional groups attached to an aromatic ring is 1. The number of thiazole rings is 1. The van der Waals surface area contributed by atoms with Gasteiger partial charge in [0.05, 0.1) is 48.0 Å². The predicted molar refractivity (Wildman–Crippen MR) is 160 cm³/mol. The summed E-state index contributed by atoms with van der Waals surface area (Å²) in [6.45, 7) is 3.99. The molecule has 3 fully saturated rings. The lowest BCUT2D eigenvalue weighted by Crippen LogP contribution is -2.51. The molecule has 3 N–H and O–H groups in total. The van der Waals surface area contributed by atoms with Crippen molar-refractivity contribution in [3.05, 3.63) is 30.1 Å². The third-order valence-corrected chi connectivity index (χ3v) is 10.1. The van der Waals surface area contributed by atoms with E-state index < -0.39 is 0 Å². The van der Waals surface area contributed by atoms with Crippen LogP contribution in [0, 0.1) is 5.82 Å². The van der Waals surface area contributed by atoms with E-state index in [-0.39, 0.29) is 5.82 Å². The number of likely N-dealkylation sites (tertiary alicyclic amines) is 1. The molecule has 6 heterocycles. The SMILES string of the molecule is CN(CCC1CCC[N+]1(C)C)c1nc(N2CC3CCC(C2)N3)c2ccc(-c3ccc(F)c4sc(N)nc34)nc2n1. The van der Waals surface area contributed by atoms with Gasteiger partial charge < -0.3 is 25.3 Å². The highest BCUT2D eigenvalue weighted by Crippen LogP contribution is 2.36. The molecule has 11 heteroatoms. The van der Waals surface area contributed by atoms with Crippen molar-refractivity contribution in [1.29, 1.82) is 0 Å². The highest BCUT2D eigenvalue weighted by molar-refractivity contribution is 7.22. The van der Waals surface area contributed by atoms with E-state index in [4.69, 9.17) is 20.7 Å². The van der Waals surface area contributed by atoms with E-state index in [1.54, 1.807) is 6.07 Å². The molecule has 210 valence electrons. The van der Waals surface area contributed by atoms with E-state index in [9.17, 15) is 4.39 Å². The van der Waals surface area contributed by atoms with Crippen LogP contribution in [-0.2, 0) is 0 Å². The standard InChI is InChI=1S/C29H37FN9S/c1-37(13-12-19-5-4-14-39(19,2)3)29-35-26-21(27(36-29)38-15-17-6-7-18(16-38)32-17)9-11-23(33-26)20-8-10-22(30)25-24(20)34-28(31)40-25/h8-11,17-19,32H,4-7,12-16H2,1-3H3,(H2,31,34)/q+1. The average molecular weight is 563 g/mol. The van der Waals surface area contributed by atoms with Crippen molar-refractivity contribution < 1.29 is 8.87 Å². The van der Waals surface area contributed by atoms with Crippen molar-refractivity contribution in [2.45, 2.75) is 50.2 Å². The molecule has 3 aliphatic heterocycles. The number of quaternary nitrogens is 1. The summed E-state index contributed by atoms with van der Waals surface area (Å²) < 4.78 is 16.0. The van der Waals surface area contributed by atoms with Gasteiger partial charge in [-0.15, -0.1) is 0 Å². The van der Waals surface area contributed by atoms with Gasteiger partial charge in [-0.25, -0.2) is 14.4 Å². The van der Waals surface area contributed by atoms with Crippen LogP contribution in [0.3, 0.4) is 0 Å². The number of rotatable bonds is 6. The van der Waals surface area contributed by atoms with E-state index in [2.05, 4.69) is 47.3 Å². The first kappa shape index (κ1) is 25.8. The van der Waals surface area contributed by atoms with Crippen LogP contribution in [0.4, 0.5) is 21.3 Å². The van der Waals surface area contributed by atoms with E-state index in [1.807, 2.05) is 6.07 Å². The minimum Gasteiger partial charge on any atom is -0.375 e. The normalized spacial score (nSPS) is 23.9. The lowest BCUT2D eigenvalue weighted by Gasteiger charge is -2.35. The third kappa shape index (κ3) is 4.53. The second-order valence-electron chi connectivity index (χ2n) is 12.3. The molecule has 40 heavy (non-hydrogen) atoms. The number of fused-ring (bicyclic) bond motifs is 4. The highest BCUT2D eigenvalue weighted by atomic mass is 32.1. The zero-order valence-corrected chi connectivity index (χ0v) is 24.2. The number of piperazine rings is 1. The van der Waals surface area contributed by atoms with Gasteiger partial charge in [-0.05, 0) is 37.1 Å². The number of hydrogen-bond donors (Lipinski definition) is 2. The molecule has 0 aliphatic carbocycles. The number of anilines is 3. The van der Waals surface area contributed by atoms with Crippen LogP contribution in [-0.4, -0.2) is 89.9 Å². The van der Waals surface area contributed by atoms with Gasteiger partial charge in [0.25, 0.3) is 0 Å². The zero-order chi connectivity index (χ0) is 27.6. The lowest BCUT2D eigenvalue weighted by atomic mass is 10.1. The van der Waals surface area contributed by atoms with Crippen molar-refractivity contribution in [3.63, 3.8) is 0 Å². The van der Waals surface area contributed by atoms with Crippen LogP contribution in [0.1, 0.15) is 32.1 Å². The zero-order valence-electron chi connectivity index (χ0n) is 23.4. The van der Waals surface area contributed by atoms with Crippen molar-refractivity contribution >= 4 is 49.5 Å². The average Bonchev–Trinajstić information content (AvgIpc) is 3.61. The molecule has 3 atom stereocenters. The number of halogens is 1. The Bertz CT molecular complexity index is 1580. The van der Waals surface area contributed by atoms with Gasteiger partial charge in [-0.2, -0.15) is 9.97 Å². The van der Waals surface area contributed by atoms with Crippen LogP contribution in [0.25, 0.3) is 32.5 Å². The summed E-state index contributed by atoms with van der Waals surface area (Å²) in [4.78, 5) is 24.2. The maximum absolute atomic E-state index is 14.5. The molecule has 3 saturated heterocycles. The maximum atomic E-state index is 14.5. The van der Waals surface area contributed by atoms with Crippen LogP contribution < -0.4 is 20.9 Å². The van der Waals surface area contributed by atoms with Crippen molar-refractivity contribution in [2.24, 2.45) is 0 Å². The van der Waals surface area contributed by atoms with Crippen LogP contribution in [0.15, 0.2) is 24.3 Å². The van der Waals surface area contributed by atoms with E-state index >= 15 is 0 Å². The number of nitrogens with two attached hydrogens (primary N) is 1. The quantitative estimate of drug-likeness (QED) is 0.340. The smallest absolute Gasteiger partial charge is 0.229 e. The van der Waals surface area contributed by atoms with E-state index in [1.165, 1.54) is 38.3 Å². The van der Waals surface area contributed by atoms with Gasteiger partial charge in [0.1, 0.15) is 11.6 Å². The Balaban J connectivity index is 1.29. The molecule has 1 aromatic carbocycles. The highest BCUT2D eigenvalue weighted by Gasteiger charge is 2.35. The molecule has 3 aliphatic rings.